The van der Waals surface area contributed by atoms with Gasteiger partial charge in [-0.25, -0.2) is 0 Å². The van der Waals surface area contributed by atoms with Gasteiger partial charge in [-0.3, -0.25) is 4.79 Å². The average molecular weight is 390 g/mol. The quantitative estimate of drug-likeness (QED) is 0.864. The third kappa shape index (κ3) is 3.73. The van der Waals surface area contributed by atoms with Gasteiger partial charge in [0.1, 0.15) is 13.2 Å². The second kappa shape index (κ2) is 6.85. The third-order valence-corrected chi connectivity index (χ3v) is 4.80. The number of amides is 1. The van der Waals surface area contributed by atoms with Crippen molar-refractivity contribution in [1.29, 1.82) is 0 Å². The maximum absolute atomic E-state index is 12.5. The van der Waals surface area contributed by atoms with Gasteiger partial charge in [0.15, 0.2) is 11.5 Å². The molecule has 0 radical (unpaired) electrons. The number of benzene rings is 2. The minimum absolute atomic E-state index is 0.0261. The summed E-state index contributed by atoms with van der Waals surface area (Å²) < 4.78 is 12.1. The predicted octanol–water partition coefficient (Wildman–Crippen LogP) is 3.81. The number of halogens is 1. The highest BCUT2D eigenvalue weighted by Crippen LogP contribution is 2.34. The van der Waals surface area contributed by atoms with Gasteiger partial charge in [0.25, 0.3) is 0 Å². The molecule has 126 valence electrons. The fourth-order valence-electron chi connectivity index (χ4n) is 2.71. The molecule has 3 rings (SSSR count). The Balaban J connectivity index is 1.73. The summed E-state index contributed by atoms with van der Waals surface area (Å²) in [6.07, 6.45) is 0.329. The van der Waals surface area contributed by atoms with E-state index in [4.69, 9.17) is 9.47 Å². The summed E-state index contributed by atoms with van der Waals surface area (Å²) in [7, 11) is 0. The van der Waals surface area contributed by atoms with Crippen LogP contribution in [0.15, 0.2) is 46.9 Å². The van der Waals surface area contributed by atoms with Gasteiger partial charge in [-0.15, -0.1) is 0 Å². The molecule has 1 amide bonds. The molecule has 0 unspecified atom stereocenters. The second-order valence-electron chi connectivity index (χ2n) is 6.30. The summed E-state index contributed by atoms with van der Waals surface area (Å²) in [6.45, 7) is 5.08. The van der Waals surface area contributed by atoms with E-state index >= 15 is 0 Å². The lowest BCUT2D eigenvalue weighted by Gasteiger charge is -2.29. The van der Waals surface area contributed by atoms with Crippen LogP contribution in [-0.2, 0) is 16.8 Å². The van der Waals surface area contributed by atoms with Gasteiger partial charge >= 0.3 is 0 Å². The summed E-state index contributed by atoms with van der Waals surface area (Å²) in [5.74, 6) is 1.45. The second-order valence-corrected chi connectivity index (χ2v) is 7.15. The SMILES string of the molecule is CC(C)(NC(=O)Cc1ccccc1Br)c1ccc2c(c1)OCCO2. The Bertz CT molecular complexity index is 758. The smallest absolute Gasteiger partial charge is 0.225 e. The fraction of sp³-hybridized carbons (Fsp3) is 0.316. The van der Waals surface area contributed by atoms with E-state index in [2.05, 4.69) is 21.2 Å². The number of rotatable bonds is 4. The Labute approximate surface area is 150 Å². The first-order valence-corrected chi connectivity index (χ1v) is 8.69. The zero-order valence-electron chi connectivity index (χ0n) is 13.8. The van der Waals surface area contributed by atoms with Crippen molar-refractivity contribution in [2.75, 3.05) is 13.2 Å². The molecule has 0 fully saturated rings. The highest BCUT2D eigenvalue weighted by molar-refractivity contribution is 9.10. The standard InChI is InChI=1S/C19H20BrNO3/c1-19(2,14-7-8-16-17(12-14)24-10-9-23-16)21-18(22)11-13-5-3-4-6-15(13)20/h3-8,12H,9-11H2,1-2H3,(H,21,22). The van der Waals surface area contributed by atoms with Gasteiger partial charge in [0.05, 0.1) is 12.0 Å². The van der Waals surface area contributed by atoms with Crippen molar-refractivity contribution in [3.8, 4) is 11.5 Å². The summed E-state index contributed by atoms with van der Waals surface area (Å²) in [6, 6.07) is 13.5. The van der Waals surface area contributed by atoms with Crippen molar-refractivity contribution in [3.63, 3.8) is 0 Å². The molecule has 1 heterocycles. The van der Waals surface area contributed by atoms with Crippen LogP contribution >= 0.6 is 15.9 Å². The van der Waals surface area contributed by atoms with Crippen LogP contribution in [0.1, 0.15) is 25.0 Å². The fourth-order valence-corrected chi connectivity index (χ4v) is 3.14. The lowest BCUT2D eigenvalue weighted by molar-refractivity contribution is -0.122. The molecule has 2 aromatic rings. The summed E-state index contributed by atoms with van der Waals surface area (Å²) in [5, 5.41) is 3.10. The molecule has 0 atom stereocenters. The van der Waals surface area contributed by atoms with E-state index in [9.17, 15) is 4.79 Å². The maximum Gasteiger partial charge on any atom is 0.225 e. The summed E-state index contributed by atoms with van der Waals surface area (Å²) in [4.78, 5) is 12.5. The van der Waals surface area contributed by atoms with Crippen molar-refractivity contribution in [2.45, 2.75) is 25.8 Å². The molecular weight excluding hydrogens is 370 g/mol. The molecule has 24 heavy (non-hydrogen) atoms. The van der Waals surface area contributed by atoms with E-state index in [0.29, 0.717) is 19.6 Å². The van der Waals surface area contributed by atoms with E-state index in [1.807, 2.05) is 56.3 Å². The molecule has 0 saturated carbocycles. The number of carbonyl (C=O) groups is 1. The zero-order chi connectivity index (χ0) is 17.2. The highest BCUT2D eigenvalue weighted by atomic mass is 79.9. The Morgan fingerprint density at radius 2 is 1.83 bits per heavy atom. The van der Waals surface area contributed by atoms with Crippen LogP contribution in [-0.4, -0.2) is 19.1 Å². The highest BCUT2D eigenvalue weighted by Gasteiger charge is 2.25. The Kier molecular flexibility index (Phi) is 4.81. The van der Waals surface area contributed by atoms with Gasteiger partial charge in [-0.05, 0) is 43.2 Å². The molecule has 0 aromatic heterocycles. The zero-order valence-corrected chi connectivity index (χ0v) is 15.4. The minimum Gasteiger partial charge on any atom is -0.486 e. The van der Waals surface area contributed by atoms with E-state index in [1.54, 1.807) is 0 Å². The Morgan fingerprint density at radius 3 is 2.58 bits per heavy atom. The number of ether oxygens (including phenoxy) is 2. The van der Waals surface area contributed by atoms with Crippen molar-refractivity contribution >= 4 is 21.8 Å². The molecule has 5 heteroatoms. The predicted molar refractivity (Wildman–Crippen MR) is 96.4 cm³/mol. The van der Waals surface area contributed by atoms with Crippen molar-refractivity contribution in [3.05, 3.63) is 58.1 Å². The number of carbonyl (C=O) groups excluding carboxylic acids is 1. The lowest BCUT2D eigenvalue weighted by Crippen LogP contribution is -2.41. The first-order valence-electron chi connectivity index (χ1n) is 7.90. The van der Waals surface area contributed by atoms with Crippen molar-refractivity contribution < 1.29 is 14.3 Å². The largest absolute Gasteiger partial charge is 0.486 e. The van der Waals surface area contributed by atoms with Crippen molar-refractivity contribution in [1.82, 2.24) is 5.32 Å². The number of hydrogen-bond donors (Lipinski definition) is 1. The monoisotopic (exact) mass is 389 g/mol. The van der Waals surface area contributed by atoms with Crippen LogP contribution in [0.25, 0.3) is 0 Å². The number of nitrogens with one attached hydrogen (secondary N) is 1. The van der Waals surface area contributed by atoms with Gasteiger partial charge in [-0.2, -0.15) is 0 Å². The number of fused-ring (bicyclic) bond motifs is 1. The molecular formula is C19H20BrNO3. The molecule has 0 saturated heterocycles. The molecule has 4 nitrogen and oxygen atoms in total. The van der Waals surface area contributed by atoms with E-state index in [1.165, 1.54) is 0 Å². The Morgan fingerprint density at radius 1 is 1.12 bits per heavy atom. The summed E-state index contributed by atoms with van der Waals surface area (Å²) >= 11 is 3.48. The molecule has 1 N–H and O–H groups in total. The van der Waals surface area contributed by atoms with E-state index < -0.39 is 5.54 Å². The molecule has 0 bridgehead atoms. The molecule has 1 aliphatic heterocycles. The van der Waals surface area contributed by atoms with Gasteiger partial charge in [0.2, 0.25) is 5.91 Å². The van der Waals surface area contributed by atoms with Crippen LogP contribution in [0.5, 0.6) is 11.5 Å². The van der Waals surface area contributed by atoms with Crippen LogP contribution in [0.4, 0.5) is 0 Å². The number of hydrogen-bond acceptors (Lipinski definition) is 3. The molecule has 2 aromatic carbocycles. The van der Waals surface area contributed by atoms with Gasteiger partial charge in [0, 0.05) is 4.47 Å². The third-order valence-electron chi connectivity index (χ3n) is 4.02. The normalized spacial score (nSPS) is 13.5. The first kappa shape index (κ1) is 16.8. The maximum atomic E-state index is 12.5. The van der Waals surface area contributed by atoms with Gasteiger partial charge in [-0.1, -0.05) is 40.2 Å². The molecule has 0 aliphatic carbocycles. The Hall–Kier alpha value is -2.01. The topological polar surface area (TPSA) is 47.6 Å². The summed E-state index contributed by atoms with van der Waals surface area (Å²) in [5.41, 5.74) is 1.44. The van der Waals surface area contributed by atoms with Crippen LogP contribution in [0.3, 0.4) is 0 Å². The van der Waals surface area contributed by atoms with Crippen LogP contribution in [0, 0.1) is 0 Å². The van der Waals surface area contributed by atoms with Crippen molar-refractivity contribution in [2.24, 2.45) is 0 Å². The van der Waals surface area contributed by atoms with Crippen LogP contribution in [0.2, 0.25) is 0 Å². The average Bonchev–Trinajstić information content (AvgIpc) is 2.56. The van der Waals surface area contributed by atoms with Gasteiger partial charge < -0.3 is 14.8 Å². The molecule has 1 aliphatic rings. The first-order chi connectivity index (χ1) is 11.5. The van der Waals surface area contributed by atoms with E-state index in [0.717, 1.165) is 27.1 Å². The van der Waals surface area contributed by atoms with Crippen LogP contribution < -0.4 is 14.8 Å². The minimum atomic E-state index is -0.506. The lowest BCUT2D eigenvalue weighted by atomic mass is 9.93. The molecule has 0 spiro atoms. The van der Waals surface area contributed by atoms with E-state index in [-0.39, 0.29) is 5.91 Å².